The molecule has 3 aromatic rings. The maximum absolute atomic E-state index is 12.7. The Bertz CT molecular complexity index is 1070. The number of fused-ring (bicyclic) bond motifs is 3. The van der Waals surface area contributed by atoms with Gasteiger partial charge in [-0.2, -0.15) is 0 Å². The summed E-state index contributed by atoms with van der Waals surface area (Å²) in [7, 11) is 0. The monoisotopic (exact) mass is 426 g/mol. The average Bonchev–Trinajstić information content (AvgIpc) is 3.52. The molecule has 0 saturated carbocycles. The number of carbonyl (C=O) groups is 1. The molecule has 2 aliphatic rings. The number of hydrogen-bond donors (Lipinski definition) is 1. The highest BCUT2D eigenvalue weighted by atomic mass is 35.5. The van der Waals surface area contributed by atoms with Gasteiger partial charge in [-0.25, -0.2) is 4.79 Å². The number of ether oxygens (including phenoxy) is 3. The molecule has 30 heavy (non-hydrogen) atoms. The Morgan fingerprint density at radius 1 is 1.27 bits per heavy atom. The molecule has 156 valence electrons. The van der Waals surface area contributed by atoms with Crippen molar-refractivity contribution in [3.05, 3.63) is 64.3 Å². The fourth-order valence-electron chi connectivity index (χ4n) is 4.11. The first-order valence-electron chi connectivity index (χ1n) is 10.2. The molecule has 1 fully saturated rings. The van der Waals surface area contributed by atoms with Gasteiger partial charge in [0.15, 0.2) is 0 Å². The molecule has 2 unspecified atom stereocenters. The van der Waals surface area contributed by atoms with Crippen LogP contribution in [0.1, 0.15) is 29.8 Å². The van der Waals surface area contributed by atoms with Gasteiger partial charge in [0, 0.05) is 28.2 Å². The SMILES string of the molecule is CCOC(=O)N1CCc2c([nH]c3ccc(Cl)cc23)C1c1ccc(OCC2CO2)cc1. The van der Waals surface area contributed by atoms with E-state index in [0.717, 1.165) is 40.9 Å². The lowest BCUT2D eigenvalue weighted by Gasteiger charge is -2.35. The third-order valence-electron chi connectivity index (χ3n) is 5.63. The second-order valence-electron chi connectivity index (χ2n) is 7.59. The van der Waals surface area contributed by atoms with Crippen molar-refractivity contribution in [2.45, 2.75) is 25.5 Å². The zero-order valence-corrected chi connectivity index (χ0v) is 17.4. The van der Waals surface area contributed by atoms with E-state index in [9.17, 15) is 4.79 Å². The number of aromatic amines is 1. The lowest BCUT2D eigenvalue weighted by molar-refractivity contribution is 0.0932. The predicted molar refractivity (Wildman–Crippen MR) is 114 cm³/mol. The Morgan fingerprint density at radius 3 is 2.80 bits per heavy atom. The van der Waals surface area contributed by atoms with Crippen molar-refractivity contribution in [1.82, 2.24) is 9.88 Å². The quantitative estimate of drug-likeness (QED) is 0.600. The highest BCUT2D eigenvalue weighted by Gasteiger charge is 2.35. The van der Waals surface area contributed by atoms with Crippen molar-refractivity contribution in [3.63, 3.8) is 0 Å². The molecular formula is C23H23ClN2O4. The van der Waals surface area contributed by atoms with Crippen molar-refractivity contribution in [1.29, 1.82) is 0 Å². The topological polar surface area (TPSA) is 67.1 Å². The smallest absolute Gasteiger partial charge is 0.410 e. The van der Waals surface area contributed by atoms with Crippen LogP contribution in [-0.2, 0) is 15.9 Å². The van der Waals surface area contributed by atoms with E-state index in [0.29, 0.717) is 24.8 Å². The number of nitrogens with one attached hydrogen (secondary N) is 1. The van der Waals surface area contributed by atoms with Gasteiger partial charge in [-0.05, 0) is 54.8 Å². The zero-order chi connectivity index (χ0) is 20.7. The van der Waals surface area contributed by atoms with Crippen LogP contribution in [0.5, 0.6) is 5.75 Å². The maximum Gasteiger partial charge on any atom is 0.410 e. The van der Waals surface area contributed by atoms with E-state index in [4.69, 9.17) is 25.8 Å². The molecule has 6 nitrogen and oxygen atoms in total. The summed E-state index contributed by atoms with van der Waals surface area (Å²) in [5.41, 5.74) is 4.22. The molecule has 0 aliphatic carbocycles. The number of nitrogens with zero attached hydrogens (tertiary/aromatic N) is 1. The molecule has 0 radical (unpaired) electrons. The summed E-state index contributed by atoms with van der Waals surface area (Å²) in [6, 6.07) is 13.5. The minimum Gasteiger partial charge on any atom is -0.491 e. The van der Waals surface area contributed by atoms with Gasteiger partial charge < -0.3 is 19.2 Å². The third-order valence-corrected chi connectivity index (χ3v) is 5.86. The lowest BCUT2D eigenvalue weighted by Crippen LogP contribution is -2.40. The normalized spacial score (nSPS) is 20.1. The number of amides is 1. The summed E-state index contributed by atoms with van der Waals surface area (Å²) in [6.07, 6.45) is 0.646. The van der Waals surface area contributed by atoms with E-state index < -0.39 is 0 Å². The van der Waals surface area contributed by atoms with Gasteiger partial charge in [-0.15, -0.1) is 0 Å². The van der Waals surface area contributed by atoms with Crippen molar-refractivity contribution < 1.29 is 19.0 Å². The van der Waals surface area contributed by atoms with E-state index in [2.05, 4.69) is 4.98 Å². The second-order valence-corrected chi connectivity index (χ2v) is 8.02. The molecule has 1 N–H and O–H groups in total. The Morgan fingerprint density at radius 2 is 2.07 bits per heavy atom. The first kappa shape index (κ1) is 19.3. The number of aromatic nitrogens is 1. The summed E-state index contributed by atoms with van der Waals surface area (Å²) in [4.78, 5) is 18.1. The van der Waals surface area contributed by atoms with E-state index in [1.807, 2.05) is 49.4 Å². The molecule has 2 atom stereocenters. The van der Waals surface area contributed by atoms with E-state index in [1.165, 1.54) is 5.56 Å². The molecule has 7 heteroatoms. The Kier molecular flexibility index (Phi) is 5.05. The van der Waals surface area contributed by atoms with Crippen LogP contribution >= 0.6 is 11.6 Å². The molecule has 1 aromatic heterocycles. The predicted octanol–water partition coefficient (Wildman–Crippen LogP) is 4.70. The van der Waals surface area contributed by atoms with Crippen molar-refractivity contribution in [2.75, 3.05) is 26.4 Å². The minimum absolute atomic E-state index is 0.211. The number of benzene rings is 2. The van der Waals surface area contributed by atoms with Gasteiger partial charge in [-0.3, -0.25) is 4.90 Å². The van der Waals surface area contributed by atoms with Gasteiger partial charge in [-0.1, -0.05) is 23.7 Å². The molecule has 1 saturated heterocycles. The minimum atomic E-state index is -0.309. The van der Waals surface area contributed by atoms with Gasteiger partial charge in [0.25, 0.3) is 0 Å². The Balaban J connectivity index is 1.53. The maximum atomic E-state index is 12.7. The molecule has 0 spiro atoms. The Hall–Kier alpha value is -2.70. The fourth-order valence-corrected chi connectivity index (χ4v) is 4.28. The van der Waals surface area contributed by atoms with Crippen LogP contribution in [0.4, 0.5) is 4.79 Å². The number of halogens is 1. The lowest BCUT2D eigenvalue weighted by atomic mass is 9.92. The van der Waals surface area contributed by atoms with Crippen LogP contribution in [0.25, 0.3) is 10.9 Å². The summed E-state index contributed by atoms with van der Waals surface area (Å²) >= 11 is 6.24. The molecule has 2 aromatic carbocycles. The van der Waals surface area contributed by atoms with E-state index in [1.54, 1.807) is 4.90 Å². The van der Waals surface area contributed by atoms with Gasteiger partial charge in [0.1, 0.15) is 24.5 Å². The van der Waals surface area contributed by atoms with Crippen LogP contribution in [0, 0.1) is 0 Å². The standard InChI is InChI=1S/C23H23ClN2O4/c1-2-28-23(27)26-10-9-18-19-11-15(24)5-8-20(19)25-21(18)22(26)14-3-6-16(7-4-14)29-12-17-13-30-17/h3-8,11,17,22,25H,2,9-10,12-13H2,1H3. The molecule has 5 rings (SSSR count). The van der Waals surface area contributed by atoms with Crippen LogP contribution in [0.2, 0.25) is 5.02 Å². The molecule has 1 amide bonds. The molecule has 3 heterocycles. The summed E-state index contributed by atoms with van der Waals surface area (Å²) in [5, 5.41) is 1.81. The second kappa shape index (κ2) is 7.85. The highest BCUT2D eigenvalue weighted by molar-refractivity contribution is 6.31. The average molecular weight is 427 g/mol. The van der Waals surface area contributed by atoms with Crippen molar-refractivity contribution in [3.8, 4) is 5.75 Å². The summed E-state index contributed by atoms with van der Waals surface area (Å²) in [5.74, 6) is 0.788. The van der Waals surface area contributed by atoms with Gasteiger partial charge >= 0.3 is 6.09 Å². The van der Waals surface area contributed by atoms with Crippen LogP contribution in [-0.4, -0.2) is 48.4 Å². The largest absolute Gasteiger partial charge is 0.491 e. The van der Waals surface area contributed by atoms with Gasteiger partial charge in [0.05, 0.1) is 13.2 Å². The number of hydrogen-bond acceptors (Lipinski definition) is 4. The zero-order valence-electron chi connectivity index (χ0n) is 16.7. The first-order chi connectivity index (χ1) is 14.6. The number of H-pyrrole nitrogens is 1. The third kappa shape index (κ3) is 3.61. The summed E-state index contributed by atoms with van der Waals surface area (Å²) in [6.45, 7) is 4.07. The molecule has 0 bridgehead atoms. The number of carbonyl (C=O) groups excluding carboxylic acids is 1. The van der Waals surface area contributed by atoms with Crippen LogP contribution < -0.4 is 4.74 Å². The highest BCUT2D eigenvalue weighted by Crippen LogP contribution is 2.39. The molecular weight excluding hydrogens is 404 g/mol. The van der Waals surface area contributed by atoms with E-state index in [-0.39, 0.29) is 18.2 Å². The first-order valence-corrected chi connectivity index (χ1v) is 10.6. The number of epoxide rings is 1. The van der Waals surface area contributed by atoms with Gasteiger partial charge in [0.2, 0.25) is 0 Å². The van der Waals surface area contributed by atoms with Crippen molar-refractivity contribution in [2.24, 2.45) is 0 Å². The van der Waals surface area contributed by atoms with Crippen LogP contribution in [0.3, 0.4) is 0 Å². The number of rotatable bonds is 5. The van der Waals surface area contributed by atoms with Crippen LogP contribution in [0.15, 0.2) is 42.5 Å². The molecule has 2 aliphatic heterocycles. The van der Waals surface area contributed by atoms with Crippen molar-refractivity contribution >= 4 is 28.6 Å². The summed E-state index contributed by atoms with van der Waals surface area (Å²) < 4.78 is 16.3. The van der Waals surface area contributed by atoms with E-state index >= 15 is 0 Å². The fraction of sp³-hybridized carbons (Fsp3) is 0.348. The Labute approximate surface area is 179 Å².